The van der Waals surface area contributed by atoms with Crippen LogP contribution in [0.3, 0.4) is 0 Å². The van der Waals surface area contributed by atoms with Crippen molar-refractivity contribution >= 4 is 0 Å². The van der Waals surface area contributed by atoms with Gasteiger partial charge in [0.25, 0.3) is 0 Å². The molecule has 0 aromatic heterocycles. The number of aryl methyl sites for hydroxylation is 2. The molecule has 22 heavy (non-hydrogen) atoms. The van der Waals surface area contributed by atoms with E-state index in [1.165, 1.54) is 35.1 Å². The molecule has 1 aromatic rings. The largest absolute Gasteiger partial charge is 0.293 e. The van der Waals surface area contributed by atoms with Gasteiger partial charge in [0.1, 0.15) is 0 Å². The Morgan fingerprint density at radius 3 is 2.09 bits per heavy atom. The molecule has 1 aliphatic carbocycles. The number of allylic oxidation sites excluding steroid dienone is 2. The zero-order valence-electron chi connectivity index (χ0n) is 15.2. The van der Waals surface area contributed by atoms with Gasteiger partial charge in [-0.15, -0.1) is 0 Å². The summed E-state index contributed by atoms with van der Waals surface area (Å²) in [6.45, 7) is 15.9. The van der Waals surface area contributed by atoms with Gasteiger partial charge in [0.15, 0.2) is 0 Å². The van der Waals surface area contributed by atoms with E-state index >= 15 is 0 Å². The fraction of sp³-hybridized carbons (Fsp3) is 0.524. The average molecular weight is 297 g/mol. The first-order valence-electron chi connectivity index (χ1n) is 8.68. The van der Waals surface area contributed by atoms with Gasteiger partial charge in [0.2, 0.25) is 0 Å². The number of nitrogens with zero attached hydrogens (tertiary/aromatic N) is 1. The fourth-order valence-corrected chi connectivity index (χ4v) is 3.89. The van der Waals surface area contributed by atoms with Crippen molar-refractivity contribution in [2.45, 2.75) is 60.4 Å². The van der Waals surface area contributed by atoms with E-state index in [9.17, 15) is 0 Å². The summed E-state index contributed by atoms with van der Waals surface area (Å²) in [5.41, 5.74) is 8.94. The highest BCUT2D eigenvalue weighted by Gasteiger charge is 2.28. The van der Waals surface area contributed by atoms with Gasteiger partial charge in [-0.3, -0.25) is 4.90 Å². The van der Waals surface area contributed by atoms with E-state index in [1.807, 2.05) is 0 Å². The van der Waals surface area contributed by atoms with Crippen LogP contribution in [0.1, 0.15) is 63.3 Å². The summed E-state index contributed by atoms with van der Waals surface area (Å²) < 4.78 is 0. The van der Waals surface area contributed by atoms with Gasteiger partial charge in [-0.25, -0.2) is 0 Å². The zero-order valence-corrected chi connectivity index (χ0v) is 15.2. The van der Waals surface area contributed by atoms with Crippen molar-refractivity contribution in [1.29, 1.82) is 0 Å². The van der Waals surface area contributed by atoms with E-state index in [4.69, 9.17) is 0 Å². The first-order valence-corrected chi connectivity index (χ1v) is 8.68. The summed E-state index contributed by atoms with van der Waals surface area (Å²) in [5, 5.41) is 0. The number of hydrogen-bond donors (Lipinski definition) is 0. The monoisotopic (exact) mass is 297 g/mol. The van der Waals surface area contributed by atoms with Crippen LogP contribution in [0.2, 0.25) is 0 Å². The minimum absolute atomic E-state index is 0.396. The predicted octanol–water partition coefficient (Wildman–Crippen LogP) is 5.74. The van der Waals surface area contributed by atoms with Crippen LogP contribution in [0.15, 0.2) is 41.0 Å². The van der Waals surface area contributed by atoms with E-state index in [-0.39, 0.29) is 0 Å². The van der Waals surface area contributed by atoms with E-state index in [0.29, 0.717) is 6.04 Å². The maximum atomic E-state index is 2.61. The Morgan fingerprint density at radius 2 is 1.59 bits per heavy atom. The summed E-state index contributed by atoms with van der Waals surface area (Å²) in [7, 11) is 0. The lowest BCUT2D eigenvalue weighted by Gasteiger charge is -2.37. The van der Waals surface area contributed by atoms with E-state index in [1.54, 1.807) is 11.1 Å². The van der Waals surface area contributed by atoms with Crippen molar-refractivity contribution < 1.29 is 0 Å². The molecule has 0 saturated carbocycles. The van der Waals surface area contributed by atoms with Crippen molar-refractivity contribution in [2.24, 2.45) is 0 Å². The first-order chi connectivity index (χ1) is 10.5. The standard InChI is InChI=1S/C21H31N/c1-7-22(8-2)21(19-15(3)11-9-12-16(19)4)20-17(5)13-10-14-18(20)6/h9,11-13,21H,7-8,10,14H2,1-6H3. The minimum atomic E-state index is 0.396. The van der Waals surface area contributed by atoms with Crippen LogP contribution in [-0.4, -0.2) is 18.0 Å². The molecular weight excluding hydrogens is 266 g/mol. The molecule has 0 fully saturated rings. The van der Waals surface area contributed by atoms with Crippen molar-refractivity contribution in [3.05, 3.63) is 57.7 Å². The van der Waals surface area contributed by atoms with Gasteiger partial charge in [-0.05, 0) is 75.9 Å². The van der Waals surface area contributed by atoms with Crippen LogP contribution in [0, 0.1) is 13.8 Å². The van der Waals surface area contributed by atoms with Crippen LogP contribution in [0.5, 0.6) is 0 Å². The normalized spacial score (nSPS) is 17.0. The molecule has 120 valence electrons. The molecule has 0 N–H and O–H groups in total. The molecule has 0 spiro atoms. The summed E-state index contributed by atoms with van der Waals surface area (Å²) in [6, 6.07) is 7.10. The van der Waals surface area contributed by atoms with E-state index < -0.39 is 0 Å². The molecule has 0 saturated heterocycles. The van der Waals surface area contributed by atoms with Crippen molar-refractivity contribution in [3.8, 4) is 0 Å². The Morgan fingerprint density at radius 1 is 1.00 bits per heavy atom. The molecule has 1 heteroatoms. The minimum Gasteiger partial charge on any atom is -0.293 e. The Hall–Kier alpha value is -1.34. The van der Waals surface area contributed by atoms with E-state index in [0.717, 1.165) is 13.1 Å². The van der Waals surface area contributed by atoms with Crippen LogP contribution in [0.4, 0.5) is 0 Å². The highest BCUT2D eigenvalue weighted by molar-refractivity contribution is 5.49. The van der Waals surface area contributed by atoms with E-state index in [2.05, 4.69) is 70.7 Å². The van der Waals surface area contributed by atoms with Gasteiger partial charge >= 0.3 is 0 Å². The number of benzene rings is 1. The maximum Gasteiger partial charge on any atom is 0.0608 e. The second kappa shape index (κ2) is 7.28. The van der Waals surface area contributed by atoms with Gasteiger partial charge < -0.3 is 0 Å². The second-order valence-corrected chi connectivity index (χ2v) is 6.55. The van der Waals surface area contributed by atoms with Crippen LogP contribution in [0.25, 0.3) is 0 Å². The third-order valence-electron chi connectivity index (χ3n) is 5.12. The Labute approximate surface area is 136 Å². The summed E-state index contributed by atoms with van der Waals surface area (Å²) >= 11 is 0. The molecule has 1 atom stereocenters. The molecule has 0 amide bonds. The van der Waals surface area contributed by atoms with Crippen LogP contribution >= 0.6 is 0 Å². The number of likely N-dealkylation sites (N-methyl/N-ethyl adjacent to an activating group) is 1. The number of rotatable bonds is 5. The maximum absolute atomic E-state index is 2.61. The summed E-state index contributed by atoms with van der Waals surface area (Å²) in [5.74, 6) is 0. The first kappa shape index (κ1) is 17.0. The Bertz CT molecular complexity index is 568. The van der Waals surface area contributed by atoms with Gasteiger partial charge in [-0.1, -0.05) is 49.3 Å². The number of hydrogen-bond acceptors (Lipinski definition) is 1. The fourth-order valence-electron chi connectivity index (χ4n) is 3.89. The predicted molar refractivity (Wildman–Crippen MR) is 97.3 cm³/mol. The lowest BCUT2D eigenvalue weighted by atomic mass is 9.81. The molecule has 1 aliphatic rings. The molecule has 0 radical (unpaired) electrons. The van der Waals surface area contributed by atoms with Crippen molar-refractivity contribution in [1.82, 2.24) is 4.90 Å². The van der Waals surface area contributed by atoms with Crippen molar-refractivity contribution in [3.63, 3.8) is 0 Å². The summed E-state index contributed by atoms with van der Waals surface area (Å²) in [6.07, 6.45) is 4.82. The molecule has 1 aromatic carbocycles. The molecule has 1 nitrogen and oxygen atoms in total. The summed E-state index contributed by atoms with van der Waals surface area (Å²) in [4.78, 5) is 2.61. The molecule has 0 heterocycles. The lowest BCUT2D eigenvalue weighted by molar-refractivity contribution is 0.246. The smallest absolute Gasteiger partial charge is 0.0608 e. The zero-order chi connectivity index (χ0) is 16.3. The molecule has 2 rings (SSSR count). The third-order valence-corrected chi connectivity index (χ3v) is 5.12. The third kappa shape index (κ3) is 3.20. The second-order valence-electron chi connectivity index (χ2n) is 6.55. The lowest BCUT2D eigenvalue weighted by Crippen LogP contribution is -2.32. The molecular formula is C21H31N. The molecule has 1 unspecified atom stereocenters. The Balaban J connectivity index is 2.65. The quantitative estimate of drug-likeness (QED) is 0.669. The SMILES string of the molecule is CCN(CC)C(C1=C(C)CCC=C1C)c1c(C)cccc1C. The van der Waals surface area contributed by atoms with Crippen molar-refractivity contribution in [2.75, 3.05) is 13.1 Å². The average Bonchev–Trinajstić information content (AvgIpc) is 2.47. The topological polar surface area (TPSA) is 3.24 Å². The highest BCUT2D eigenvalue weighted by Crippen LogP contribution is 2.40. The van der Waals surface area contributed by atoms with Crippen LogP contribution in [-0.2, 0) is 0 Å². The highest BCUT2D eigenvalue weighted by atomic mass is 15.1. The molecule has 0 bridgehead atoms. The van der Waals surface area contributed by atoms with Gasteiger partial charge in [0, 0.05) is 0 Å². The van der Waals surface area contributed by atoms with Gasteiger partial charge in [0.05, 0.1) is 6.04 Å². The Kier molecular flexibility index (Phi) is 5.63. The molecule has 0 aliphatic heterocycles. The van der Waals surface area contributed by atoms with Gasteiger partial charge in [-0.2, -0.15) is 0 Å². The van der Waals surface area contributed by atoms with Crippen LogP contribution < -0.4 is 0 Å².